The standard InChI is InChI=1S/C21H20N2O4/c1-21(20(26)27)10-11-22(13-21)18(24)12-23-16-8-4-2-6-14(16)19(25)15-7-3-5-9-17(15)23/h2-9H,10-13H2,1H3,(H,26,27). The lowest BCUT2D eigenvalue weighted by molar-refractivity contribution is -0.147. The first-order valence-electron chi connectivity index (χ1n) is 8.92. The van der Waals surface area contributed by atoms with Crippen LogP contribution in [0.5, 0.6) is 0 Å². The van der Waals surface area contributed by atoms with Gasteiger partial charge in [-0.15, -0.1) is 0 Å². The van der Waals surface area contributed by atoms with Gasteiger partial charge in [-0.2, -0.15) is 0 Å². The summed E-state index contributed by atoms with van der Waals surface area (Å²) in [5.41, 5.74) is 0.456. The molecule has 0 radical (unpaired) electrons. The number of hydrogen-bond donors (Lipinski definition) is 1. The van der Waals surface area contributed by atoms with Crippen LogP contribution in [-0.4, -0.2) is 39.5 Å². The minimum absolute atomic E-state index is 0.0514. The first-order chi connectivity index (χ1) is 12.9. The van der Waals surface area contributed by atoms with E-state index in [1.807, 2.05) is 41.0 Å². The normalized spacial score (nSPS) is 19.7. The number of aliphatic carboxylic acids is 1. The van der Waals surface area contributed by atoms with Gasteiger partial charge in [-0.25, -0.2) is 0 Å². The summed E-state index contributed by atoms with van der Waals surface area (Å²) in [4.78, 5) is 38.8. The number of para-hydroxylation sites is 2. The number of benzene rings is 2. The molecule has 0 spiro atoms. The summed E-state index contributed by atoms with van der Waals surface area (Å²) in [6.07, 6.45) is 0.444. The lowest BCUT2D eigenvalue weighted by Crippen LogP contribution is -2.36. The molecule has 1 N–H and O–H groups in total. The fraction of sp³-hybridized carbons (Fsp3) is 0.286. The molecule has 1 aromatic heterocycles. The summed E-state index contributed by atoms with van der Waals surface area (Å²) in [5.74, 6) is -1.02. The van der Waals surface area contributed by atoms with E-state index in [1.54, 1.807) is 24.0 Å². The Morgan fingerprint density at radius 3 is 2.11 bits per heavy atom. The Kier molecular flexibility index (Phi) is 3.98. The van der Waals surface area contributed by atoms with Crippen molar-refractivity contribution in [2.45, 2.75) is 19.9 Å². The summed E-state index contributed by atoms with van der Waals surface area (Å²) >= 11 is 0. The van der Waals surface area contributed by atoms with E-state index in [9.17, 15) is 19.5 Å². The fourth-order valence-electron chi connectivity index (χ4n) is 3.83. The number of carboxylic acids is 1. The van der Waals surface area contributed by atoms with Crippen LogP contribution in [0.1, 0.15) is 13.3 Å². The highest BCUT2D eigenvalue weighted by Gasteiger charge is 2.42. The molecule has 4 rings (SSSR count). The van der Waals surface area contributed by atoms with E-state index in [0.29, 0.717) is 34.8 Å². The highest BCUT2D eigenvalue weighted by Crippen LogP contribution is 2.30. The van der Waals surface area contributed by atoms with Gasteiger partial charge in [0.1, 0.15) is 6.54 Å². The maximum Gasteiger partial charge on any atom is 0.311 e. The number of pyridine rings is 1. The van der Waals surface area contributed by atoms with Crippen molar-refractivity contribution in [3.05, 3.63) is 58.8 Å². The largest absolute Gasteiger partial charge is 0.481 e. The molecule has 0 saturated carbocycles. The van der Waals surface area contributed by atoms with Crippen molar-refractivity contribution in [2.75, 3.05) is 13.1 Å². The van der Waals surface area contributed by atoms with E-state index < -0.39 is 11.4 Å². The molecule has 6 heteroatoms. The monoisotopic (exact) mass is 364 g/mol. The van der Waals surface area contributed by atoms with Gasteiger partial charge in [-0.3, -0.25) is 14.4 Å². The maximum atomic E-state index is 12.9. The summed E-state index contributed by atoms with van der Waals surface area (Å²) in [6.45, 7) is 2.37. The molecule has 1 aliphatic heterocycles. The van der Waals surface area contributed by atoms with Crippen molar-refractivity contribution in [1.82, 2.24) is 9.47 Å². The van der Waals surface area contributed by atoms with E-state index in [-0.39, 0.29) is 24.4 Å². The van der Waals surface area contributed by atoms with Crippen LogP contribution < -0.4 is 5.43 Å². The zero-order valence-electron chi connectivity index (χ0n) is 15.0. The number of carbonyl (C=O) groups is 2. The van der Waals surface area contributed by atoms with Gasteiger partial charge < -0.3 is 14.6 Å². The SMILES string of the molecule is CC1(C(=O)O)CCN(C(=O)Cn2c3ccccc3c(=O)c3ccccc32)C1. The Morgan fingerprint density at radius 1 is 1.04 bits per heavy atom. The molecule has 1 fully saturated rings. The van der Waals surface area contributed by atoms with Crippen LogP contribution in [0.3, 0.4) is 0 Å². The van der Waals surface area contributed by atoms with E-state index in [1.165, 1.54) is 0 Å². The molecule has 138 valence electrons. The lowest BCUT2D eigenvalue weighted by atomic mass is 9.90. The van der Waals surface area contributed by atoms with Gasteiger partial charge in [0, 0.05) is 23.9 Å². The summed E-state index contributed by atoms with van der Waals surface area (Å²) in [7, 11) is 0. The second-order valence-corrected chi connectivity index (χ2v) is 7.38. The summed E-state index contributed by atoms with van der Waals surface area (Å²) in [6, 6.07) is 14.5. The number of hydrogen-bond acceptors (Lipinski definition) is 3. The minimum Gasteiger partial charge on any atom is -0.481 e. The second-order valence-electron chi connectivity index (χ2n) is 7.38. The highest BCUT2D eigenvalue weighted by atomic mass is 16.4. The molecule has 1 unspecified atom stereocenters. The second kappa shape index (κ2) is 6.23. The van der Waals surface area contributed by atoms with Gasteiger partial charge in [0.05, 0.1) is 16.4 Å². The molecule has 3 aromatic rings. The first kappa shape index (κ1) is 17.3. The number of rotatable bonds is 3. The molecule has 6 nitrogen and oxygen atoms in total. The van der Waals surface area contributed by atoms with Crippen molar-refractivity contribution in [1.29, 1.82) is 0 Å². The Morgan fingerprint density at radius 2 is 1.59 bits per heavy atom. The van der Waals surface area contributed by atoms with E-state index in [0.717, 1.165) is 0 Å². The molecular weight excluding hydrogens is 344 g/mol. The predicted octanol–water partition coefficient (Wildman–Crippen LogP) is 2.48. The Hall–Kier alpha value is -3.15. The van der Waals surface area contributed by atoms with Crippen LogP contribution in [0.15, 0.2) is 53.3 Å². The van der Waals surface area contributed by atoms with Crippen LogP contribution in [0.2, 0.25) is 0 Å². The Bertz CT molecular complexity index is 1070. The van der Waals surface area contributed by atoms with E-state index in [4.69, 9.17) is 0 Å². The smallest absolute Gasteiger partial charge is 0.311 e. The Labute approximate surface area is 155 Å². The van der Waals surface area contributed by atoms with Crippen LogP contribution >= 0.6 is 0 Å². The van der Waals surface area contributed by atoms with Crippen molar-refractivity contribution >= 4 is 33.7 Å². The van der Waals surface area contributed by atoms with Gasteiger partial charge in [0.15, 0.2) is 5.43 Å². The summed E-state index contributed by atoms with van der Waals surface area (Å²) in [5, 5.41) is 10.5. The molecular formula is C21H20N2O4. The number of aromatic nitrogens is 1. The number of nitrogens with zero attached hydrogens (tertiary/aromatic N) is 2. The number of carbonyl (C=O) groups excluding carboxylic acids is 1. The predicted molar refractivity (Wildman–Crippen MR) is 103 cm³/mol. The number of likely N-dealkylation sites (tertiary alicyclic amines) is 1. The quantitative estimate of drug-likeness (QED) is 0.724. The molecule has 0 aliphatic carbocycles. The molecule has 2 aromatic carbocycles. The minimum atomic E-state index is -0.899. The molecule has 1 saturated heterocycles. The van der Waals surface area contributed by atoms with Gasteiger partial charge in [-0.1, -0.05) is 24.3 Å². The average molecular weight is 364 g/mol. The third kappa shape index (κ3) is 2.77. The summed E-state index contributed by atoms with van der Waals surface area (Å²) < 4.78 is 1.85. The van der Waals surface area contributed by atoms with E-state index >= 15 is 0 Å². The van der Waals surface area contributed by atoms with Gasteiger partial charge in [0.2, 0.25) is 5.91 Å². The lowest BCUT2D eigenvalue weighted by Gasteiger charge is -2.22. The maximum absolute atomic E-state index is 12.9. The van der Waals surface area contributed by atoms with Crippen molar-refractivity contribution in [2.24, 2.45) is 5.41 Å². The van der Waals surface area contributed by atoms with Gasteiger partial charge in [0.25, 0.3) is 0 Å². The third-order valence-electron chi connectivity index (χ3n) is 5.51. The molecule has 1 atom stereocenters. The van der Waals surface area contributed by atoms with Crippen LogP contribution in [-0.2, 0) is 16.1 Å². The van der Waals surface area contributed by atoms with E-state index in [2.05, 4.69) is 0 Å². The van der Waals surface area contributed by atoms with Crippen molar-refractivity contribution in [3.63, 3.8) is 0 Å². The van der Waals surface area contributed by atoms with Crippen LogP contribution in [0.25, 0.3) is 21.8 Å². The third-order valence-corrected chi connectivity index (χ3v) is 5.51. The number of fused-ring (bicyclic) bond motifs is 2. The topological polar surface area (TPSA) is 79.6 Å². The van der Waals surface area contributed by atoms with Gasteiger partial charge >= 0.3 is 5.97 Å². The Balaban J connectivity index is 1.78. The number of amides is 1. The molecule has 0 bridgehead atoms. The molecule has 1 amide bonds. The van der Waals surface area contributed by atoms with Crippen LogP contribution in [0, 0.1) is 5.41 Å². The van der Waals surface area contributed by atoms with Crippen molar-refractivity contribution in [3.8, 4) is 0 Å². The molecule has 2 heterocycles. The number of carboxylic acid groups (broad SMARTS) is 1. The highest BCUT2D eigenvalue weighted by molar-refractivity contribution is 5.95. The average Bonchev–Trinajstić information content (AvgIpc) is 3.09. The zero-order valence-corrected chi connectivity index (χ0v) is 15.0. The molecule has 27 heavy (non-hydrogen) atoms. The van der Waals surface area contributed by atoms with Crippen LogP contribution in [0.4, 0.5) is 0 Å². The zero-order chi connectivity index (χ0) is 19.2. The first-order valence-corrected chi connectivity index (χ1v) is 8.92. The van der Waals surface area contributed by atoms with Gasteiger partial charge in [-0.05, 0) is 37.6 Å². The molecule has 1 aliphatic rings. The fourth-order valence-corrected chi connectivity index (χ4v) is 3.83. The van der Waals surface area contributed by atoms with Crippen molar-refractivity contribution < 1.29 is 14.7 Å².